The van der Waals surface area contributed by atoms with Crippen LogP contribution in [0.3, 0.4) is 0 Å². The lowest BCUT2D eigenvalue weighted by Gasteiger charge is -2.35. The SMILES string of the molecule is CCCC1CC(=O)C2=C(C1)N=C(C)C(C#N)C2c1cc(Br)c(OCc2cc(F)ccc2N)c(OCC)c1. The van der Waals surface area contributed by atoms with Gasteiger partial charge in [0.05, 0.1) is 23.1 Å². The third kappa shape index (κ3) is 5.57. The molecule has 0 saturated carbocycles. The predicted octanol–water partition coefficient (Wildman–Crippen LogP) is 6.88. The molecule has 2 aromatic rings. The molecule has 37 heavy (non-hydrogen) atoms. The Bertz CT molecular complexity index is 1310. The number of carbonyl (C=O) groups is 1. The fraction of sp³-hybridized carbons (Fsp3) is 0.414. The van der Waals surface area contributed by atoms with Crippen LogP contribution in [0, 0.1) is 29.0 Å². The minimum atomic E-state index is -0.564. The standard InChI is InChI=1S/C29H31BrFN3O3/c1-4-6-17-9-24-28(25(35)10-17)27(21(14-32)16(3)34-24)18-12-22(30)29(26(13-18)36-5-2)37-15-19-11-20(31)7-8-23(19)33/h7-8,11-13,17,21,27H,4-6,9-10,15,33H2,1-3H3. The zero-order valence-electron chi connectivity index (χ0n) is 21.3. The second-order valence-electron chi connectivity index (χ2n) is 9.58. The number of aliphatic imine (C=N–C) groups is 1. The number of nitrogen functional groups attached to an aromatic ring is 1. The third-order valence-electron chi connectivity index (χ3n) is 6.98. The highest BCUT2D eigenvalue weighted by atomic mass is 79.9. The van der Waals surface area contributed by atoms with E-state index in [0.717, 1.165) is 30.5 Å². The normalized spacial score (nSPS) is 21.2. The molecule has 6 nitrogen and oxygen atoms in total. The predicted molar refractivity (Wildman–Crippen MR) is 145 cm³/mol. The van der Waals surface area contributed by atoms with Crippen molar-refractivity contribution in [2.45, 2.75) is 59.0 Å². The molecule has 1 aliphatic heterocycles. The Hall–Kier alpha value is -3.18. The van der Waals surface area contributed by atoms with Crippen LogP contribution in [0.15, 0.2) is 51.1 Å². The Kier molecular flexibility index (Phi) is 8.33. The monoisotopic (exact) mass is 567 g/mol. The molecule has 4 rings (SSSR count). The first-order valence-corrected chi connectivity index (χ1v) is 13.4. The fourth-order valence-corrected chi connectivity index (χ4v) is 5.87. The molecule has 1 aliphatic carbocycles. The van der Waals surface area contributed by atoms with Crippen molar-refractivity contribution in [2.75, 3.05) is 12.3 Å². The lowest BCUT2D eigenvalue weighted by atomic mass is 9.70. The Morgan fingerprint density at radius 2 is 2.00 bits per heavy atom. The average Bonchev–Trinajstić information content (AvgIpc) is 2.85. The summed E-state index contributed by atoms with van der Waals surface area (Å²) in [6.45, 7) is 6.27. The maximum Gasteiger partial charge on any atom is 0.175 e. The number of rotatable bonds is 8. The van der Waals surface area contributed by atoms with Crippen LogP contribution in [0.4, 0.5) is 10.1 Å². The molecular formula is C29H31BrFN3O3. The van der Waals surface area contributed by atoms with Gasteiger partial charge < -0.3 is 15.2 Å². The van der Waals surface area contributed by atoms with Gasteiger partial charge in [0.2, 0.25) is 0 Å². The second-order valence-corrected chi connectivity index (χ2v) is 10.4. The Balaban J connectivity index is 1.74. The van der Waals surface area contributed by atoms with Crippen molar-refractivity contribution in [2.24, 2.45) is 16.8 Å². The number of anilines is 1. The third-order valence-corrected chi connectivity index (χ3v) is 7.57. The summed E-state index contributed by atoms with van der Waals surface area (Å²) in [5, 5.41) is 10.1. The Morgan fingerprint density at radius 3 is 2.70 bits per heavy atom. The minimum Gasteiger partial charge on any atom is -0.490 e. The van der Waals surface area contributed by atoms with Crippen LogP contribution < -0.4 is 15.2 Å². The molecule has 0 bridgehead atoms. The van der Waals surface area contributed by atoms with Gasteiger partial charge in [-0.2, -0.15) is 5.26 Å². The molecular weight excluding hydrogens is 537 g/mol. The molecule has 2 aromatic carbocycles. The molecule has 2 aliphatic rings. The molecule has 0 radical (unpaired) electrons. The number of carbonyl (C=O) groups excluding carboxylic acids is 1. The van der Waals surface area contributed by atoms with E-state index in [1.165, 1.54) is 18.2 Å². The Labute approximate surface area is 225 Å². The van der Waals surface area contributed by atoms with E-state index in [4.69, 9.17) is 20.2 Å². The van der Waals surface area contributed by atoms with E-state index < -0.39 is 17.7 Å². The van der Waals surface area contributed by atoms with Crippen molar-refractivity contribution in [1.29, 1.82) is 5.26 Å². The van der Waals surface area contributed by atoms with E-state index >= 15 is 0 Å². The largest absolute Gasteiger partial charge is 0.490 e. The van der Waals surface area contributed by atoms with Crippen molar-refractivity contribution < 1.29 is 18.7 Å². The second kappa shape index (κ2) is 11.5. The minimum absolute atomic E-state index is 0.0459. The van der Waals surface area contributed by atoms with Crippen molar-refractivity contribution >= 4 is 33.1 Å². The van der Waals surface area contributed by atoms with Crippen molar-refractivity contribution in [3.05, 3.63) is 63.0 Å². The number of ketones is 1. The van der Waals surface area contributed by atoms with Crippen LogP contribution in [-0.4, -0.2) is 18.1 Å². The van der Waals surface area contributed by atoms with Gasteiger partial charge in [0.15, 0.2) is 17.3 Å². The first-order valence-electron chi connectivity index (χ1n) is 12.6. The van der Waals surface area contributed by atoms with E-state index in [2.05, 4.69) is 28.9 Å². The van der Waals surface area contributed by atoms with Crippen LogP contribution in [-0.2, 0) is 11.4 Å². The molecule has 194 valence electrons. The molecule has 0 fully saturated rings. The summed E-state index contributed by atoms with van der Waals surface area (Å²) in [6, 6.07) is 10.2. The molecule has 0 aromatic heterocycles. The summed E-state index contributed by atoms with van der Waals surface area (Å²) in [5.41, 5.74) is 9.88. The average molecular weight is 568 g/mol. The van der Waals surface area contributed by atoms with Gasteiger partial charge in [-0.15, -0.1) is 0 Å². The summed E-state index contributed by atoms with van der Waals surface area (Å²) in [7, 11) is 0. The lowest BCUT2D eigenvalue weighted by molar-refractivity contribution is -0.117. The summed E-state index contributed by atoms with van der Waals surface area (Å²) < 4.78 is 26.3. The molecule has 3 atom stereocenters. The maximum atomic E-state index is 13.7. The number of nitrogens with zero attached hydrogens (tertiary/aromatic N) is 2. The van der Waals surface area contributed by atoms with Crippen LogP contribution in [0.1, 0.15) is 63.5 Å². The number of ether oxygens (including phenoxy) is 2. The van der Waals surface area contributed by atoms with Gasteiger partial charge in [0, 0.05) is 40.6 Å². The first kappa shape index (κ1) is 26.9. The van der Waals surface area contributed by atoms with E-state index in [0.29, 0.717) is 51.5 Å². The van der Waals surface area contributed by atoms with Gasteiger partial charge in [-0.25, -0.2) is 4.39 Å². The lowest BCUT2D eigenvalue weighted by Crippen LogP contribution is -2.32. The van der Waals surface area contributed by atoms with Gasteiger partial charge in [0.1, 0.15) is 12.4 Å². The van der Waals surface area contributed by atoms with Gasteiger partial charge >= 0.3 is 0 Å². The van der Waals surface area contributed by atoms with Gasteiger partial charge in [0.25, 0.3) is 0 Å². The highest BCUT2D eigenvalue weighted by Crippen LogP contribution is 2.48. The molecule has 3 unspecified atom stereocenters. The first-order chi connectivity index (χ1) is 17.8. The number of benzene rings is 2. The molecule has 1 heterocycles. The van der Waals surface area contributed by atoms with Crippen LogP contribution >= 0.6 is 15.9 Å². The summed E-state index contributed by atoms with van der Waals surface area (Å²) in [6.07, 6.45) is 3.22. The van der Waals surface area contributed by atoms with E-state index in [-0.39, 0.29) is 18.3 Å². The van der Waals surface area contributed by atoms with Gasteiger partial charge in [-0.1, -0.05) is 13.3 Å². The van der Waals surface area contributed by atoms with Crippen LogP contribution in [0.25, 0.3) is 0 Å². The van der Waals surface area contributed by atoms with Gasteiger partial charge in [-0.3, -0.25) is 9.79 Å². The van der Waals surface area contributed by atoms with E-state index in [1.54, 1.807) is 0 Å². The number of nitrogens with two attached hydrogens (primary N) is 1. The fourth-order valence-electron chi connectivity index (χ4n) is 5.30. The highest BCUT2D eigenvalue weighted by molar-refractivity contribution is 9.10. The van der Waals surface area contributed by atoms with E-state index in [1.807, 2.05) is 26.0 Å². The number of halogens is 2. The molecule has 2 N–H and O–H groups in total. The van der Waals surface area contributed by atoms with Crippen LogP contribution in [0.5, 0.6) is 11.5 Å². The quantitative estimate of drug-likeness (QED) is 0.350. The number of nitriles is 1. The Morgan fingerprint density at radius 1 is 1.22 bits per heavy atom. The maximum absolute atomic E-state index is 13.7. The molecule has 0 amide bonds. The zero-order chi connectivity index (χ0) is 26.7. The number of Topliss-reactive ketones (excluding diaryl/α,β-unsaturated/α-hetero) is 1. The van der Waals surface area contributed by atoms with Crippen LogP contribution in [0.2, 0.25) is 0 Å². The van der Waals surface area contributed by atoms with Crippen molar-refractivity contribution in [3.8, 4) is 17.6 Å². The number of hydrogen-bond acceptors (Lipinski definition) is 6. The van der Waals surface area contributed by atoms with Crippen molar-refractivity contribution in [3.63, 3.8) is 0 Å². The number of allylic oxidation sites excluding steroid dienone is 2. The zero-order valence-corrected chi connectivity index (χ0v) is 22.9. The smallest absolute Gasteiger partial charge is 0.175 e. The van der Waals surface area contributed by atoms with Crippen molar-refractivity contribution in [1.82, 2.24) is 0 Å². The topological polar surface area (TPSA) is 97.7 Å². The summed E-state index contributed by atoms with van der Waals surface area (Å²) in [5.74, 6) is -0.154. The number of hydrogen-bond donors (Lipinski definition) is 1. The molecule has 0 saturated heterocycles. The molecule has 8 heteroatoms. The summed E-state index contributed by atoms with van der Waals surface area (Å²) >= 11 is 3.61. The van der Waals surface area contributed by atoms with E-state index in [9.17, 15) is 14.4 Å². The highest BCUT2D eigenvalue weighted by Gasteiger charge is 2.41. The van der Waals surface area contributed by atoms with Gasteiger partial charge in [-0.05, 0) is 84.4 Å². The summed E-state index contributed by atoms with van der Waals surface area (Å²) in [4.78, 5) is 18.1. The molecule has 0 spiro atoms.